The number of rotatable bonds is 10. The standard InChI is InChI=1S/C32H34N4O4S/c1-22-31(40-21-23-9-8-10-27(17-23)33-5)29(20-37)25(18-34-22)19-35-26-15-13-24(14-16-26)28-11-6-7-12-30(28)41(38,39)36-32(2,3)4/h6-18,35-37H,19-21H2,1-4H3. The molecule has 0 saturated carbocycles. The first kappa shape index (κ1) is 29.7. The molecule has 0 aliphatic heterocycles. The van der Waals surface area contributed by atoms with Crippen LogP contribution in [-0.2, 0) is 29.8 Å². The minimum absolute atomic E-state index is 0.218. The van der Waals surface area contributed by atoms with E-state index in [2.05, 4.69) is 19.9 Å². The van der Waals surface area contributed by atoms with Gasteiger partial charge in [-0.3, -0.25) is 4.98 Å². The van der Waals surface area contributed by atoms with Gasteiger partial charge in [0.05, 0.1) is 23.8 Å². The molecule has 0 fully saturated rings. The number of nitrogens with zero attached hydrogens (tertiary/aromatic N) is 2. The SMILES string of the molecule is [C-]#[N+]c1cccc(COc2c(C)ncc(CNc3ccc(-c4ccccc4S(=O)(=O)NC(C)(C)C)cc3)c2CO)c1. The Morgan fingerprint density at radius 2 is 1.76 bits per heavy atom. The van der Waals surface area contributed by atoms with Gasteiger partial charge in [0.1, 0.15) is 12.4 Å². The minimum atomic E-state index is -3.72. The van der Waals surface area contributed by atoms with E-state index in [1.165, 1.54) is 0 Å². The Bertz CT molecular complexity index is 1670. The Kier molecular flexibility index (Phi) is 9.08. The zero-order chi connectivity index (χ0) is 29.6. The largest absolute Gasteiger partial charge is 0.487 e. The van der Waals surface area contributed by atoms with Crippen molar-refractivity contribution in [2.75, 3.05) is 5.32 Å². The number of nitrogens with one attached hydrogen (secondary N) is 2. The number of anilines is 1. The third-order valence-corrected chi connectivity index (χ3v) is 8.10. The number of benzene rings is 3. The molecule has 212 valence electrons. The topological polar surface area (TPSA) is 105 Å². The Morgan fingerprint density at radius 3 is 2.44 bits per heavy atom. The van der Waals surface area contributed by atoms with Crippen LogP contribution in [-0.4, -0.2) is 24.0 Å². The summed E-state index contributed by atoms with van der Waals surface area (Å²) in [6.07, 6.45) is 1.72. The van der Waals surface area contributed by atoms with E-state index < -0.39 is 15.6 Å². The average Bonchev–Trinajstić information content (AvgIpc) is 2.95. The van der Waals surface area contributed by atoms with Crippen molar-refractivity contribution in [1.29, 1.82) is 0 Å². The number of ether oxygens (including phenoxy) is 1. The zero-order valence-corrected chi connectivity index (χ0v) is 24.4. The van der Waals surface area contributed by atoms with Gasteiger partial charge in [-0.15, -0.1) is 0 Å². The summed E-state index contributed by atoms with van der Waals surface area (Å²) >= 11 is 0. The van der Waals surface area contributed by atoms with Crippen LogP contribution in [0.1, 0.15) is 43.2 Å². The van der Waals surface area contributed by atoms with Crippen molar-refractivity contribution in [1.82, 2.24) is 9.71 Å². The first-order valence-corrected chi connectivity index (χ1v) is 14.6. The predicted molar refractivity (Wildman–Crippen MR) is 161 cm³/mol. The van der Waals surface area contributed by atoms with Crippen molar-refractivity contribution in [2.45, 2.75) is 57.9 Å². The van der Waals surface area contributed by atoms with Crippen LogP contribution in [0.3, 0.4) is 0 Å². The molecule has 3 N–H and O–H groups in total. The molecule has 4 rings (SSSR count). The smallest absolute Gasteiger partial charge is 0.241 e. The summed E-state index contributed by atoms with van der Waals surface area (Å²) in [4.78, 5) is 8.15. The molecular weight excluding hydrogens is 536 g/mol. The molecule has 1 heterocycles. The molecular formula is C32H34N4O4S. The fraction of sp³-hybridized carbons (Fsp3) is 0.250. The maximum absolute atomic E-state index is 13.1. The highest BCUT2D eigenvalue weighted by atomic mass is 32.2. The highest BCUT2D eigenvalue weighted by Crippen LogP contribution is 2.30. The van der Waals surface area contributed by atoms with E-state index in [-0.39, 0.29) is 18.1 Å². The van der Waals surface area contributed by atoms with Gasteiger partial charge in [0.15, 0.2) is 5.69 Å². The molecule has 0 bridgehead atoms. The zero-order valence-electron chi connectivity index (χ0n) is 23.6. The number of hydrogen-bond donors (Lipinski definition) is 3. The summed E-state index contributed by atoms with van der Waals surface area (Å²) in [6, 6.07) is 21.7. The Labute approximate surface area is 241 Å². The number of hydrogen-bond acceptors (Lipinski definition) is 6. The highest BCUT2D eigenvalue weighted by Gasteiger charge is 2.24. The third-order valence-electron chi connectivity index (χ3n) is 6.28. The van der Waals surface area contributed by atoms with E-state index in [0.29, 0.717) is 34.8 Å². The van der Waals surface area contributed by atoms with Crippen molar-refractivity contribution >= 4 is 21.4 Å². The van der Waals surface area contributed by atoms with E-state index in [1.807, 2.05) is 70.2 Å². The predicted octanol–water partition coefficient (Wildman–Crippen LogP) is 6.37. The molecule has 0 amide bonds. The first-order chi connectivity index (χ1) is 19.5. The van der Waals surface area contributed by atoms with Crippen LogP contribution < -0.4 is 14.8 Å². The number of pyridine rings is 1. The summed E-state index contributed by atoms with van der Waals surface area (Å²) in [6.45, 7) is 14.9. The van der Waals surface area contributed by atoms with Gasteiger partial charge in [0.2, 0.25) is 10.0 Å². The molecule has 0 radical (unpaired) electrons. The summed E-state index contributed by atoms with van der Waals surface area (Å²) in [7, 11) is -3.72. The van der Waals surface area contributed by atoms with Gasteiger partial charge in [-0.05, 0) is 68.7 Å². The van der Waals surface area contributed by atoms with Gasteiger partial charge >= 0.3 is 0 Å². The lowest BCUT2D eigenvalue weighted by molar-refractivity contribution is 0.256. The lowest BCUT2D eigenvalue weighted by Crippen LogP contribution is -2.40. The highest BCUT2D eigenvalue weighted by molar-refractivity contribution is 7.89. The lowest BCUT2D eigenvalue weighted by atomic mass is 10.0. The van der Waals surface area contributed by atoms with Crippen molar-refractivity contribution in [3.63, 3.8) is 0 Å². The number of aromatic nitrogens is 1. The maximum Gasteiger partial charge on any atom is 0.241 e. The number of aliphatic hydroxyl groups is 1. The molecule has 0 aliphatic rings. The third kappa shape index (κ3) is 7.50. The number of aryl methyl sites for hydroxylation is 1. The molecule has 1 aromatic heterocycles. The second kappa shape index (κ2) is 12.5. The second-order valence-electron chi connectivity index (χ2n) is 10.7. The molecule has 8 nitrogen and oxygen atoms in total. The maximum atomic E-state index is 13.1. The van der Waals surface area contributed by atoms with Crippen LogP contribution in [0.2, 0.25) is 0 Å². The normalized spacial score (nSPS) is 11.6. The molecule has 0 atom stereocenters. The summed E-state index contributed by atoms with van der Waals surface area (Å²) < 4.78 is 34.9. The summed E-state index contributed by atoms with van der Waals surface area (Å²) in [5.41, 5.74) is 5.11. The Balaban J connectivity index is 1.50. The summed E-state index contributed by atoms with van der Waals surface area (Å²) in [5.74, 6) is 0.525. The monoisotopic (exact) mass is 570 g/mol. The molecule has 9 heteroatoms. The van der Waals surface area contributed by atoms with E-state index in [1.54, 1.807) is 36.5 Å². The van der Waals surface area contributed by atoms with Crippen LogP contribution in [0.4, 0.5) is 11.4 Å². The summed E-state index contributed by atoms with van der Waals surface area (Å²) in [5, 5.41) is 13.6. The van der Waals surface area contributed by atoms with Crippen LogP contribution >= 0.6 is 0 Å². The van der Waals surface area contributed by atoms with Crippen LogP contribution in [0.15, 0.2) is 83.9 Å². The molecule has 4 aromatic rings. The Hall–Kier alpha value is -4.23. The fourth-order valence-electron chi connectivity index (χ4n) is 4.43. The first-order valence-electron chi connectivity index (χ1n) is 13.2. The number of sulfonamides is 1. The van der Waals surface area contributed by atoms with Gasteiger partial charge in [0.25, 0.3) is 0 Å². The average molecular weight is 571 g/mol. The molecule has 3 aromatic carbocycles. The second-order valence-corrected chi connectivity index (χ2v) is 12.3. The van der Waals surface area contributed by atoms with Crippen molar-refractivity contribution in [2.24, 2.45) is 0 Å². The van der Waals surface area contributed by atoms with Gasteiger partial charge < -0.3 is 15.2 Å². The van der Waals surface area contributed by atoms with Gasteiger partial charge in [-0.1, -0.05) is 48.5 Å². The molecule has 0 aliphatic carbocycles. The van der Waals surface area contributed by atoms with Crippen LogP contribution in [0.25, 0.3) is 16.0 Å². The van der Waals surface area contributed by atoms with Gasteiger partial charge in [-0.25, -0.2) is 18.0 Å². The Morgan fingerprint density at radius 1 is 1.02 bits per heavy atom. The van der Waals surface area contributed by atoms with Crippen LogP contribution in [0.5, 0.6) is 5.75 Å². The molecule has 41 heavy (non-hydrogen) atoms. The van der Waals surface area contributed by atoms with Crippen molar-refractivity contribution < 1.29 is 18.3 Å². The van der Waals surface area contributed by atoms with E-state index >= 15 is 0 Å². The molecule has 0 saturated heterocycles. The van der Waals surface area contributed by atoms with Crippen LogP contribution in [0, 0.1) is 13.5 Å². The van der Waals surface area contributed by atoms with Crippen molar-refractivity contribution in [3.8, 4) is 16.9 Å². The number of aliphatic hydroxyl groups excluding tert-OH is 1. The van der Waals surface area contributed by atoms with E-state index in [9.17, 15) is 13.5 Å². The van der Waals surface area contributed by atoms with E-state index in [4.69, 9.17) is 11.3 Å². The lowest BCUT2D eigenvalue weighted by Gasteiger charge is -2.21. The quantitative estimate of drug-likeness (QED) is 0.192. The minimum Gasteiger partial charge on any atom is -0.487 e. The van der Waals surface area contributed by atoms with Gasteiger partial charge in [0, 0.05) is 35.1 Å². The fourth-order valence-corrected chi connectivity index (χ4v) is 6.08. The van der Waals surface area contributed by atoms with Gasteiger partial charge in [-0.2, -0.15) is 0 Å². The van der Waals surface area contributed by atoms with E-state index in [0.717, 1.165) is 22.4 Å². The molecule has 0 unspecified atom stereocenters. The van der Waals surface area contributed by atoms with Crippen molar-refractivity contribution in [3.05, 3.63) is 113 Å². The molecule has 0 spiro atoms.